The SMILES string of the molecule is CCCN(Cc1c(C)nn(-c2ccccc2)c1Oc1cccc(OC)c1)C(=O)C1CCC1. The van der Waals surface area contributed by atoms with Crippen molar-refractivity contribution in [2.45, 2.75) is 46.1 Å². The van der Waals surface area contributed by atoms with E-state index in [-0.39, 0.29) is 11.8 Å². The molecule has 1 heterocycles. The second-order valence-corrected chi connectivity index (χ2v) is 8.29. The molecular weight excluding hydrogens is 402 g/mol. The third-order valence-corrected chi connectivity index (χ3v) is 6.00. The molecule has 1 fully saturated rings. The van der Waals surface area contributed by atoms with E-state index in [4.69, 9.17) is 14.6 Å². The predicted molar refractivity (Wildman–Crippen MR) is 124 cm³/mol. The van der Waals surface area contributed by atoms with Crippen LogP contribution in [0.3, 0.4) is 0 Å². The third-order valence-electron chi connectivity index (χ3n) is 6.00. The van der Waals surface area contributed by atoms with Crippen LogP contribution in [-0.2, 0) is 11.3 Å². The number of methoxy groups -OCH3 is 1. The van der Waals surface area contributed by atoms with Crippen molar-refractivity contribution >= 4 is 5.91 Å². The zero-order valence-corrected chi connectivity index (χ0v) is 19.1. The van der Waals surface area contributed by atoms with Crippen LogP contribution in [0.2, 0.25) is 0 Å². The van der Waals surface area contributed by atoms with Gasteiger partial charge in [-0.2, -0.15) is 5.10 Å². The van der Waals surface area contributed by atoms with E-state index in [1.54, 1.807) is 7.11 Å². The quantitative estimate of drug-likeness (QED) is 0.446. The molecule has 6 heteroatoms. The topological polar surface area (TPSA) is 56.6 Å². The number of para-hydroxylation sites is 1. The zero-order chi connectivity index (χ0) is 22.5. The predicted octanol–water partition coefficient (Wildman–Crippen LogP) is 5.52. The summed E-state index contributed by atoms with van der Waals surface area (Å²) >= 11 is 0. The summed E-state index contributed by atoms with van der Waals surface area (Å²) in [6.45, 7) is 5.30. The first-order chi connectivity index (χ1) is 15.6. The van der Waals surface area contributed by atoms with Crippen molar-refractivity contribution < 1.29 is 14.3 Å². The molecular formula is C26H31N3O3. The highest BCUT2D eigenvalue weighted by Crippen LogP contribution is 2.34. The molecule has 1 aliphatic carbocycles. The van der Waals surface area contributed by atoms with Crippen molar-refractivity contribution in [3.63, 3.8) is 0 Å². The molecule has 1 amide bonds. The van der Waals surface area contributed by atoms with Crippen LogP contribution < -0.4 is 9.47 Å². The Morgan fingerprint density at radius 3 is 2.53 bits per heavy atom. The molecule has 0 bridgehead atoms. The van der Waals surface area contributed by atoms with Crippen LogP contribution in [0, 0.1) is 12.8 Å². The van der Waals surface area contributed by atoms with Crippen molar-refractivity contribution in [1.29, 1.82) is 0 Å². The van der Waals surface area contributed by atoms with Gasteiger partial charge in [0.25, 0.3) is 0 Å². The molecule has 32 heavy (non-hydrogen) atoms. The summed E-state index contributed by atoms with van der Waals surface area (Å²) in [6, 6.07) is 17.5. The molecule has 0 radical (unpaired) electrons. The number of hydrogen-bond acceptors (Lipinski definition) is 4. The van der Waals surface area contributed by atoms with E-state index in [0.717, 1.165) is 54.9 Å². The molecule has 3 aromatic rings. The van der Waals surface area contributed by atoms with Gasteiger partial charge in [0.15, 0.2) is 0 Å². The van der Waals surface area contributed by atoms with Gasteiger partial charge in [-0.3, -0.25) is 4.79 Å². The number of rotatable bonds is 9. The fourth-order valence-corrected chi connectivity index (χ4v) is 3.99. The summed E-state index contributed by atoms with van der Waals surface area (Å²) in [7, 11) is 1.64. The Morgan fingerprint density at radius 1 is 1.12 bits per heavy atom. The van der Waals surface area contributed by atoms with Gasteiger partial charge in [-0.15, -0.1) is 0 Å². The van der Waals surface area contributed by atoms with Gasteiger partial charge < -0.3 is 14.4 Å². The Hall–Kier alpha value is -3.28. The second kappa shape index (κ2) is 9.90. The largest absolute Gasteiger partial charge is 0.497 e. The van der Waals surface area contributed by atoms with Gasteiger partial charge in [-0.25, -0.2) is 4.68 Å². The van der Waals surface area contributed by atoms with Crippen molar-refractivity contribution in [1.82, 2.24) is 14.7 Å². The molecule has 6 nitrogen and oxygen atoms in total. The fraction of sp³-hybridized carbons (Fsp3) is 0.385. The number of nitrogens with zero attached hydrogens (tertiary/aromatic N) is 3. The normalized spacial score (nSPS) is 13.5. The monoisotopic (exact) mass is 433 g/mol. The molecule has 0 unspecified atom stereocenters. The zero-order valence-electron chi connectivity index (χ0n) is 19.1. The molecule has 0 atom stereocenters. The van der Waals surface area contributed by atoms with Crippen LogP contribution in [0.1, 0.15) is 43.9 Å². The minimum absolute atomic E-state index is 0.161. The number of carbonyl (C=O) groups is 1. The first-order valence-electron chi connectivity index (χ1n) is 11.3. The Labute approximate surface area is 189 Å². The molecule has 4 rings (SSSR count). The first kappa shape index (κ1) is 21.9. The number of hydrogen-bond donors (Lipinski definition) is 0. The van der Waals surface area contributed by atoms with E-state index in [1.807, 2.05) is 71.1 Å². The molecule has 0 spiro atoms. The lowest BCUT2D eigenvalue weighted by Gasteiger charge is -2.31. The Morgan fingerprint density at radius 2 is 1.88 bits per heavy atom. The Balaban J connectivity index is 1.73. The Bertz CT molecular complexity index is 1060. The standard InChI is InChI=1S/C26H31N3O3/c1-4-16-28(25(30)20-10-8-11-20)18-24-19(2)27-29(21-12-6-5-7-13-21)26(24)32-23-15-9-14-22(17-23)31-3/h5-7,9,12-15,17,20H,4,8,10-11,16,18H2,1-3H3. The van der Waals surface area contributed by atoms with Gasteiger partial charge in [0.2, 0.25) is 11.8 Å². The summed E-state index contributed by atoms with van der Waals surface area (Å²) in [5.74, 6) is 2.42. The number of carbonyl (C=O) groups excluding carboxylic acids is 1. The van der Waals surface area contributed by atoms with Crippen LogP contribution in [0.25, 0.3) is 5.69 Å². The van der Waals surface area contributed by atoms with Crippen molar-refractivity contribution in [2.75, 3.05) is 13.7 Å². The van der Waals surface area contributed by atoms with Gasteiger partial charge in [-0.05, 0) is 50.5 Å². The highest BCUT2D eigenvalue weighted by molar-refractivity contribution is 5.79. The lowest BCUT2D eigenvalue weighted by molar-refractivity contribution is -0.138. The molecule has 0 aliphatic heterocycles. The average molecular weight is 434 g/mol. The first-order valence-corrected chi connectivity index (χ1v) is 11.3. The summed E-state index contributed by atoms with van der Waals surface area (Å²) in [5, 5.41) is 4.79. The van der Waals surface area contributed by atoms with E-state index < -0.39 is 0 Å². The number of benzene rings is 2. The molecule has 0 saturated heterocycles. The van der Waals surface area contributed by atoms with Gasteiger partial charge >= 0.3 is 0 Å². The highest BCUT2D eigenvalue weighted by atomic mass is 16.5. The summed E-state index contributed by atoms with van der Waals surface area (Å²) in [5.41, 5.74) is 2.69. The smallest absolute Gasteiger partial charge is 0.227 e. The lowest BCUT2D eigenvalue weighted by Crippen LogP contribution is -2.39. The molecule has 2 aromatic carbocycles. The number of aromatic nitrogens is 2. The van der Waals surface area contributed by atoms with Crippen LogP contribution in [-0.4, -0.2) is 34.2 Å². The van der Waals surface area contributed by atoms with Gasteiger partial charge in [-0.1, -0.05) is 37.6 Å². The second-order valence-electron chi connectivity index (χ2n) is 8.29. The van der Waals surface area contributed by atoms with E-state index in [0.29, 0.717) is 18.2 Å². The van der Waals surface area contributed by atoms with Crippen LogP contribution >= 0.6 is 0 Å². The van der Waals surface area contributed by atoms with Crippen molar-refractivity contribution in [3.8, 4) is 23.1 Å². The third kappa shape index (κ3) is 4.64. The maximum absolute atomic E-state index is 13.1. The lowest BCUT2D eigenvalue weighted by atomic mass is 9.84. The van der Waals surface area contributed by atoms with Crippen molar-refractivity contribution in [3.05, 3.63) is 65.9 Å². The van der Waals surface area contributed by atoms with E-state index in [9.17, 15) is 4.79 Å². The molecule has 1 aromatic heterocycles. The van der Waals surface area contributed by atoms with Crippen LogP contribution in [0.5, 0.6) is 17.4 Å². The molecule has 1 saturated carbocycles. The molecule has 168 valence electrons. The van der Waals surface area contributed by atoms with E-state index in [1.165, 1.54) is 0 Å². The fourth-order valence-electron chi connectivity index (χ4n) is 3.99. The summed E-state index contributed by atoms with van der Waals surface area (Å²) in [4.78, 5) is 15.1. The minimum atomic E-state index is 0.161. The van der Waals surface area contributed by atoms with E-state index >= 15 is 0 Å². The number of aryl methyl sites for hydroxylation is 1. The minimum Gasteiger partial charge on any atom is -0.497 e. The van der Waals surface area contributed by atoms with E-state index in [2.05, 4.69) is 6.92 Å². The summed E-state index contributed by atoms with van der Waals surface area (Å²) < 4.78 is 13.6. The van der Waals surface area contributed by atoms with Crippen LogP contribution in [0.4, 0.5) is 0 Å². The van der Waals surface area contributed by atoms with Gasteiger partial charge in [0, 0.05) is 18.5 Å². The van der Waals surface area contributed by atoms with Gasteiger partial charge in [0.05, 0.1) is 30.6 Å². The molecule has 0 N–H and O–H groups in total. The number of amides is 1. The average Bonchev–Trinajstić information content (AvgIpc) is 3.08. The summed E-state index contributed by atoms with van der Waals surface area (Å²) in [6.07, 6.45) is 4.05. The van der Waals surface area contributed by atoms with Gasteiger partial charge in [0.1, 0.15) is 11.5 Å². The van der Waals surface area contributed by atoms with Crippen LogP contribution in [0.15, 0.2) is 54.6 Å². The Kier molecular flexibility index (Phi) is 6.78. The van der Waals surface area contributed by atoms with Crippen molar-refractivity contribution in [2.24, 2.45) is 5.92 Å². The maximum Gasteiger partial charge on any atom is 0.227 e. The maximum atomic E-state index is 13.1. The molecule has 1 aliphatic rings. The number of ether oxygens (including phenoxy) is 2. The highest BCUT2D eigenvalue weighted by Gasteiger charge is 2.31.